The minimum atomic E-state index is 0.319. The minimum Gasteiger partial charge on any atom is -0.304 e. The number of nitrogens with zero attached hydrogens (tertiary/aromatic N) is 1. The lowest BCUT2D eigenvalue weighted by atomic mass is 10.2. The Kier molecular flexibility index (Phi) is 2.96. The van der Waals surface area contributed by atoms with Crippen molar-refractivity contribution in [1.82, 2.24) is 15.5 Å². The first-order valence-corrected chi connectivity index (χ1v) is 5.49. The number of nitrogens with one attached hydrogen (secondary N) is 2. The third-order valence-electron chi connectivity index (χ3n) is 2.15. The summed E-state index contributed by atoms with van der Waals surface area (Å²) in [7, 11) is 0. The Morgan fingerprint density at radius 1 is 1.57 bits per heavy atom. The molecule has 14 heavy (non-hydrogen) atoms. The Balaban J connectivity index is 1.87. The molecule has 0 amide bonds. The van der Waals surface area contributed by atoms with Crippen LogP contribution in [0.25, 0.3) is 0 Å². The molecule has 74 valence electrons. The Hall–Kier alpha value is -1.13. The summed E-state index contributed by atoms with van der Waals surface area (Å²) in [5.41, 5.74) is 1.13. The Labute approximate surface area is 87.2 Å². The van der Waals surface area contributed by atoms with Crippen molar-refractivity contribution in [2.24, 2.45) is 0 Å². The Morgan fingerprint density at radius 3 is 3.14 bits per heavy atom. The second-order valence-electron chi connectivity index (χ2n) is 3.19. The lowest BCUT2D eigenvalue weighted by Gasteiger charge is -2.10. The van der Waals surface area contributed by atoms with Crippen molar-refractivity contribution in [3.05, 3.63) is 40.3 Å². The van der Waals surface area contributed by atoms with Crippen LogP contribution in [-0.2, 0) is 6.54 Å². The fraction of sp³-hybridized carbons (Fsp3) is 0.300. The predicted octanol–water partition coefficient (Wildman–Crippen LogP) is 2.32. The molecule has 0 saturated carbocycles. The Morgan fingerprint density at radius 2 is 2.50 bits per heavy atom. The van der Waals surface area contributed by atoms with Crippen LogP contribution in [0, 0.1) is 0 Å². The first-order valence-electron chi connectivity index (χ1n) is 4.61. The lowest BCUT2D eigenvalue weighted by molar-refractivity contribution is 0.564. The van der Waals surface area contributed by atoms with E-state index >= 15 is 0 Å². The molecule has 0 aliphatic rings. The maximum Gasteiger partial charge on any atom is 0.0518 e. The van der Waals surface area contributed by atoms with Crippen molar-refractivity contribution in [2.75, 3.05) is 0 Å². The van der Waals surface area contributed by atoms with Gasteiger partial charge in [0.15, 0.2) is 0 Å². The number of H-pyrrole nitrogens is 1. The highest BCUT2D eigenvalue weighted by Gasteiger charge is 2.05. The molecule has 0 fully saturated rings. The van der Waals surface area contributed by atoms with Crippen LogP contribution in [-0.4, -0.2) is 10.2 Å². The highest BCUT2D eigenvalue weighted by molar-refractivity contribution is 7.09. The summed E-state index contributed by atoms with van der Waals surface area (Å²) >= 11 is 1.77. The summed E-state index contributed by atoms with van der Waals surface area (Å²) in [6.07, 6.45) is 1.78. The van der Waals surface area contributed by atoms with Gasteiger partial charge in [-0.25, -0.2) is 0 Å². The number of aromatic amines is 1. The van der Waals surface area contributed by atoms with E-state index in [1.807, 2.05) is 6.07 Å². The van der Waals surface area contributed by atoms with Crippen LogP contribution in [0.4, 0.5) is 0 Å². The van der Waals surface area contributed by atoms with Gasteiger partial charge in [0, 0.05) is 23.7 Å². The van der Waals surface area contributed by atoms with Crippen LogP contribution in [0.15, 0.2) is 29.8 Å². The molecule has 0 aliphatic heterocycles. The van der Waals surface area contributed by atoms with Crippen LogP contribution >= 0.6 is 11.3 Å². The van der Waals surface area contributed by atoms with Gasteiger partial charge in [-0.2, -0.15) is 5.10 Å². The third-order valence-corrected chi connectivity index (χ3v) is 3.03. The molecule has 1 unspecified atom stereocenters. The number of hydrogen-bond donors (Lipinski definition) is 2. The van der Waals surface area contributed by atoms with E-state index in [2.05, 4.69) is 40.0 Å². The van der Waals surface area contributed by atoms with E-state index in [-0.39, 0.29) is 0 Å². The summed E-state index contributed by atoms with van der Waals surface area (Å²) in [6.45, 7) is 3.04. The van der Waals surface area contributed by atoms with E-state index in [9.17, 15) is 0 Å². The number of thiophene rings is 1. The molecule has 0 aliphatic carbocycles. The van der Waals surface area contributed by atoms with E-state index < -0.39 is 0 Å². The third kappa shape index (κ3) is 2.21. The average molecular weight is 207 g/mol. The molecule has 0 spiro atoms. The zero-order chi connectivity index (χ0) is 9.80. The smallest absolute Gasteiger partial charge is 0.0518 e. The lowest BCUT2D eigenvalue weighted by Crippen LogP contribution is -2.17. The fourth-order valence-electron chi connectivity index (χ4n) is 1.28. The molecule has 0 bridgehead atoms. The largest absolute Gasteiger partial charge is 0.304 e. The molecule has 2 rings (SSSR count). The molecule has 4 heteroatoms. The van der Waals surface area contributed by atoms with Gasteiger partial charge in [0.25, 0.3) is 0 Å². The zero-order valence-corrected chi connectivity index (χ0v) is 8.84. The van der Waals surface area contributed by atoms with Gasteiger partial charge in [-0.15, -0.1) is 11.3 Å². The first kappa shape index (κ1) is 9.43. The van der Waals surface area contributed by atoms with Crippen LogP contribution < -0.4 is 5.32 Å². The van der Waals surface area contributed by atoms with Gasteiger partial charge in [0.2, 0.25) is 0 Å². The van der Waals surface area contributed by atoms with Crippen molar-refractivity contribution in [1.29, 1.82) is 0 Å². The predicted molar refractivity (Wildman–Crippen MR) is 58.2 cm³/mol. The van der Waals surface area contributed by atoms with Gasteiger partial charge in [0.05, 0.1) is 5.69 Å². The average Bonchev–Trinajstić information content (AvgIpc) is 2.87. The molecular formula is C10H13N3S. The van der Waals surface area contributed by atoms with Crippen molar-refractivity contribution < 1.29 is 0 Å². The summed E-state index contributed by atoms with van der Waals surface area (Å²) in [6, 6.07) is 6.52. The zero-order valence-electron chi connectivity index (χ0n) is 8.03. The molecule has 1 atom stereocenters. The summed E-state index contributed by atoms with van der Waals surface area (Å²) in [5.74, 6) is 0. The van der Waals surface area contributed by atoms with E-state index in [4.69, 9.17) is 0 Å². The molecule has 2 aromatic rings. The van der Waals surface area contributed by atoms with Crippen LogP contribution in [0.5, 0.6) is 0 Å². The van der Waals surface area contributed by atoms with Crippen molar-refractivity contribution in [2.45, 2.75) is 19.5 Å². The van der Waals surface area contributed by atoms with Gasteiger partial charge < -0.3 is 5.32 Å². The van der Waals surface area contributed by atoms with Gasteiger partial charge in [-0.05, 0) is 24.4 Å². The van der Waals surface area contributed by atoms with E-state index in [1.165, 1.54) is 4.88 Å². The van der Waals surface area contributed by atoms with E-state index in [1.54, 1.807) is 17.5 Å². The minimum absolute atomic E-state index is 0.319. The molecule has 2 N–H and O–H groups in total. The van der Waals surface area contributed by atoms with Crippen molar-refractivity contribution >= 4 is 11.3 Å². The van der Waals surface area contributed by atoms with Crippen molar-refractivity contribution in [3.8, 4) is 0 Å². The summed E-state index contributed by atoms with van der Waals surface area (Å²) < 4.78 is 0. The maximum atomic E-state index is 3.93. The van der Waals surface area contributed by atoms with E-state index in [0.29, 0.717) is 6.04 Å². The molecule has 0 aromatic carbocycles. The van der Waals surface area contributed by atoms with Crippen LogP contribution in [0.1, 0.15) is 23.5 Å². The monoisotopic (exact) mass is 207 g/mol. The second-order valence-corrected chi connectivity index (χ2v) is 4.23. The highest BCUT2D eigenvalue weighted by atomic mass is 32.1. The molecule has 3 nitrogen and oxygen atoms in total. The molecule has 0 saturated heterocycles. The molecule has 0 radical (unpaired) electrons. The van der Waals surface area contributed by atoms with Gasteiger partial charge in [-0.3, -0.25) is 5.10 Å². The highest BCUT2D eigenvalue weighted by Crippen LogP contribution is 2.12. The first-order chi connectivity index (χ1) is 6.86. The standard InChI is InChI=1S/C10H13N3S/c1-8(10-4-5-12-13-10)11-7-9-3-2-6-14-9/h2-6,8,11H,7H2,1H3,(H,12,13). The second kappa shape index (κ2) is 4.39. The fourth-order valence-corrected chi connectivity index (χ4v) is 1.94. The van der Waals surface area contributed by atoms with Gasteiger partial charge in [0.1, 0.15) is 0 Å². The van der Waals surface area contributed by atoms with Crippen LogP contribution in [0.2, 0.25) is 0 Å². The SMILES string of the molecule is CC(NCc1cccs1)c1ccn[nH]1. The number of hydrogen-bond acceptors (Lipinski definition) is 3. The van der Waals surface area contributed by atoms with Gasteiger partial charge >= 0.3 is 0 Å². The Bertz CT molecular complexity index is 353. The molecule has 2 heterocycles. The van der Waals surface area contributed by atoms with E-state index in [0.717, 1.165) is 12.2 Å². The maximum absolute atomic E-state index is 3.93. The topological polar surface area (TPSA) is 40.7 Å². The molecular weight excluding hydrogens is 194 g/mol. The quantitative estimate of drug-likeness (QED) is 0.807. The normalized spacial score (nSPS) is 12.9. The van der Waals surface area contributed by atoms with Gasteiger partial charge in [-0.1, -0.05) is 6.07 Å². The van der Waals surface area contributed by atoms with Crippen molar-refractivity contribution in [3.63, 3.8) is 0 Å². The number of aromatic nitrogens is 2. The summed E-state index contributed by atoms with van der Waals surface area (Å²) in [4.78, 5) is 1.36. The number of rotatable bonds is 4. The van der Waals surface area contributed by atoms with Crippen LogP contribution in [0.3, 0.4) is 0 Å². The molecule has 2 aromatic heterocycles. The summed E-state index contributed by atoms with van der Waals surface area (Å²) in [5, 5.41) is 12.4.